The van der Waals surface area contributed by atoms with Gasteiger partial charge in [-0.1, -0.05) is 36.4 Å². The first-order valence-corrected chi connectivity index (χ1v) is 10.7. The Labute approximate surface area is 200 Å². The summed E-state index contributed by atoms with van der Waals surface area (Å²) in [6.45, 7) is 2.27. The zero-order chi connectivity index (χ0) is 24.7. The van der Waals surface area contributed by atoms with Gasteiger partial charge in [-0.2, -0.15) is 0 Å². The van der Waals surface area contributed by atoms with E-state index in [1.165, 1.54) is 7.11 Å². The van der Waals surface area contributed by atoms with Crippen molar-refractivity contribution < 1.29 is 33.2 Å². The monoisotopic (exact) mass is 466 g/mol. The molecule has 3 rings (SSSR count). The highest BCUT2D eigenvalue weighted by Gasteiger charge is 2.25. The molecule has 0 heterocycles. The van der Waals surface area contributed by atoms with Crippen molar-refractivity contribution in [3.8, 4) is 28.7 Å². The first-order chi connectivity index (χ1) is 16.5. The number of benzene rings is 3. The van der Waals surface area contributed by atoms with Crippen molar-refractivity contribution in [1.29, 1.82) is 0 Å². The largest absolute Gasteiger partial charge is 0.492 e. The van der Waals surface area contributed by atoms with Gasteiger partial charge in [0.25, 0.3) is 0 Å². The van der Waals surface area contributed by atoms with Crippen LogP contribution in [-0.2, 0) is 17.8 Å². The zero-order valence-electron chi connectivity index (χ0n) is 20.4. The zero-order valence-corrected chi connectivity index (χ0v) is 20.4. The van der Waals surface area contributed by atoms with Gasteiger partial charge in [-0.25, -0.2) is 4.79 Å². The normalized spacial score (nSPS) is 10.4. The Hall–Kier alpha value is -3.87. The SMILES string of the molecule is COC(=O)c1ccccc1OCc1cccc(Cc2c(C)c(OC)c(OC)c(OC)c2OC)c1. The Morgan fingerprint density at radius 1 is 0.735 bits per heavy atom. The fraction of sp³-hybridized carbons (Fsp3) is 0.296. The number of carbonyl (C=O) groups is 1. The molecule has 3 aromatic rings. The van der Waals surface area contributed by atoms with Crippen LogP contribution in [0.3, 0.4) is 0 Å². The molecule has 34 heavy (non-hydrogen) atoms. The highest BCUT2D eigenvalue weighted by molar-refractivity contribution is 5.92. The lowest BCUT2D eigenvalue weighted by atomic mass is 9.96. The quantitative estimate of drug-likeness (QED) is 0.390. The van der Waals surface area contributed by atoms with Crippen molar-refractivity contribution in [2.45, 2.75) is 20.0 Å². The molecule has 0 atom stereocenters. The van der Waals surface area contributed by atoms with Gasteiger partial charge in [-0.05, 0) is 30.2 Å². The number of ether oxygens (including phenoxy) is 6. The van der Waals surface area contributed by atoms with Gasteiger partial charge in [0.2, 0.25) is 11.5 Å². The molecular formula is C27H30O7. The molecule has 7 nitrogen and oxygen atoms in total. The molecule has 0 radical (unpaired) electrons. The van der Waals surface area contributed by atoms with Gasteiger partial charge in [0.15, 0.2) is 11.5 Å². The smallest absolute Gasteiger partial charge is 0.341 e. The van der Waals surface area contributed by atoms with E-state index in [0.29, 0.717) is 47.3 Å². The van der Waals surface area contributed by atoms with E-state index in [0.717, 1.165) is 22.3 Å². The average Bonchev–Trinajstić information content (AvgIpc) is 2.87. The summed E-state index contributed by atoms with van der Waals surface area (Å²) in [6.07, 6.45) is 0.582. The van der Waals surface area contributed by atoms with E-state index < -0.39 is 5.97 Å². The van der Waals surface area contributed by atoms with Crippen LogP contribution in [0.4, 0.5) is 0 Å². The molecule has 0 N–H and O–H groups in total. The first kappa shape index (κ1) is 24.8. The molecule has 0 aliphatic heterocycles. The van der Waals surface area contributed by atoms with Crippen LogP contribution in [-0.4, -0.2) is 41.5 Å². The van der Waals surface area contributed by atoms with Gasteiger partial charge in [0.05, 0.1) is 35.5 Å². The molecule has 0 unspecified atom stereocenters. The van der Waals surface area contributed by atoms with E-state index in [2.05, 4.69) is 6.07 Å². The number of methoxy groups -OCH3 is 5. The topological polar surface area (TPSA) is 72.5 Å². The van der Waals surface area contributed by atoms with Crippen LogP contribution in [0.5, 0.6) is 28.7 Å². The molecule has 0 bridgehead atoms. The predicted octanol–water partition coefficient (Wildman–Crippen LogP) is 4.99. The summed E-state index contributed by atoms with van der Waals surface area (Å²) in [4.78, 5) is 12.0. The maximum Gasteiger partial charge on any atom is 0.341 e. The summed E-state index contributed by atoms with van der Waals surface area (Å²) in [5.41, 5.74) is 4.25. The summed E-state index contributed by atoms with van der Waals surface area (Å²) in [7, 11) is 7.70. The number of rotatable bonds is 10. The van der Waals surface area contributed by atoms with Crippen molar-refractivity contribution in [1.82, 2.24) is 0 Å². The van der Waals surface area contributed by atoms with Crippen molar-refractivity contribution in [2.75, 3.05) is 35.5 Å². The maximum atomic E-state index is 12.0. The highest BCUT2D eigenvalue weighted by Crippen LogP contribution is 2.49. The molecule has 0 amide bonds. The summed E-state index contributed by atoms with van der Waals surface area (Å²) in [6, 6.07) is 15.1. The summed E-state index contributed by atoms with van der Waals surface area (Å²) < 4.78 is 33.3. The van der Waals surface area contributed by atoms with Crippen LogP contribution in [0.25, 0.3) is 0 Å². The fourth-order valence-electron chi connectivity index (χ4n) is 3.93. The third kappa shape index (κ3) is 5.03. The number of para-hydroxylation sites is 1. The van der Waals surface area contributed by atoms with E-state index in [4.69, 9.17) is 28.4 Å². The van der Waals surface area contributed by atoms with E-state index in [-0.39, 0.29) is 0 Å². The van der Waals surface area contributed by atoms with Crippen LogP contribution >= 0.6 is 0 Å². The fourth-order valence-corrected chi connectivity index (χ4v) is 3.93. The van der Waals surface area contributed by atoms with Crippen molar-refractivity contribution in [3.63, 3.8) is 0 Å². The van der Waals surface area contributed by atoms with Crippen LogP contribution in [0.2, 0.25) is 0 Å². The van der Waals surface area contributed by atoms with Crippen molar-refractivity contribution in [2.24, 2.45) is 0 Å². The van der Waals surface area contributed by atoms with E-state index in [1.807, 2.05) is 31.2 Å². The van der Waals surface area contributed by atoms with Crippen LogP contribution < -0.4 is 23.7 Å². The highest BCUT2D eigenvalue weighted by atomic mass is 16.5. The van der Waals surface area contributed by atoms with Gasteiger partial charge >= 0.3 is 5.97 Å². The third-order valence-electron chi connectivity index (χ3n) is 5.56. The Morgan fingerprint density at radius 2 is 1.35 bits per heavy atom. The minimum absolute atomic E-state index is 0.299. The van der Waals surface area contributed by atoms with Crippen LogP contribution in [0.1, 0.15) is 32.6 Å². The standard InChI is InChI=1S/C27H30O7/c1-17-21(24(30-3)26(32-5)25(31-4)23(17)29-2)15-18-10-9-11-19(14-18)16-34-22-13-8-7-12-20(22)27(28)33-6/h7-14H,15-16H2,1-6H3. The minimum Gasteiger partial charge on any atom is -0.492 e. The second kappa shape index (κ2) is 11.3. The first-order valence-electron chi connectivity index (χ1n) is 10.7. The Bertz CT molecular complexity index is 1150. The number of hydrogen-bond donors (Lipinski definition) is 0. The number of hydrogen-bond acceptors (Lipinski definition) is 7. The minimum atomic E-state index is -0.436. The van der Waals surface area contributed by atoms with Crippen LogP contribution in [0, 0.1) is 6.92 Å². The van der Waals surface area contributed by atoms with Gasteiger partial charge in [0, 0.05) is 17.5 Å². The second-order valence-corrected chi connectivity index (χ2v) is 7.51. The molecule has 3 aromatic carbocycles. The summed E-state index contributed by atoms with van der Waals surface area (Å²) in [5.74, 6) is 2.23. The van der Waals surface area contributed by atoms with Gasteiger partial charge in [-0.3, -0.25) is 0 Å². The lowest BCUT2D eigenvalue weighted by Crippen LogP contribution is -2.06. The molecule has 0 aliphatic carbocycles. The van der Waals surface area contributed by atoms with E-state index in [9.17, 15) is 4.79 Å². The molecule has 180 valence electrons. The van der Waals surface area contributed by atoms with Crippen molar-refractivity contribution >= 4 is 5.97 Å². The van der Waals surface area contributed by atoms with E-state index >= 15 is 0 Å². The predicted molar refractivity (Wildman–Crippen MR) is 129 cm³/mol. The molecule has 0 aromatic heterocycles. The van der Waals surface area contributed by atoms with Gasteiger partial charge in [0.1, 0.15) is 17.9 Å². The van der Waals surface area contributed by atoms with Crippen LogP contribution in [0.15, 0.2) is 48.5 Å². The molecule has 7 heteroatoms. The maximum absolute atomic E-state index is 12.0. The molecule has 0 fully saturated rings. The molecule has 0 saturated heterocycles. The van der Waals surface area contributed by atoms with Gasteiger partial charge < -0.3 is 28.4 Å². The average molecular weight is 467 g/mol. The lowest BCUT2D eigenvalue weighted by molar-refractivity contribution is 0.0595. The van der Waals surface area contributed by atoms with Crippen molar-refractivity contribution in [3.05, 3.63) is 76.3 Å². The summed E-state index contributed by atoms with van der Waals surface area (Å²) >= 11 is 0. The molecular weight excluding hydrogens is 436 g/mol. The lowest BCUT2D eigenvalue weighted by Gasteiger charge is -2.21. The summed E-state index contributed by atoms with van der Waals surface area (Å²) in [5, 5.41) is 0. The Morgan fingerprint density at radius 3 is 2.00 bits per heavy atom. The second-order valence-electron chi connectivity index (χ2n) is 7.51. The van der Waals surface area contributed by atoms with E-state index in [1.54, 1.807) is 46.6 Å². The molecule has 0 saturated carbocycles. The number of esters is 1. The Kier molecular flexibility index (Phi) is 8.24. The number of carbonyl (C=O) groups excluding carboxylic acids is 1. The van der Waals surface area contributed by atoms with Gasteiger partial charge in [-0.15, -0.1) is 0 Å². The molecule has 0 aliphatic rings. The Balaban J connectivity index is 1.90. The third-order valence-corrected chi connectivity index (χ3v) is 5.56. The molecule has 0 spiro atoms.